The summed E-state index contributed by atoms with van der Waals surface area (Å²) in [6.07, 6.45) is -0.846. The molecule has 8 heteroatoms. The zero-order chi connectivity index (χ0) is 17.6. The maximum atomic E-state index is 11.4. The van der Waals surface area contributed by atoms with Crippen molar-refractivity contribution in [2.45, 2.75) is 6.10 Å². The van der Waals surface area contributed by atoms with Crippen LogP contribution in [-0.2, 0) is 4.79 Å². The molecule has 0 radical (unpaired) electrons. The summed E-state index contributed by atoms with van der Waals surface area (Å²) >= 11 is 0. The van der Waals surface area contributed by atoms with Gasteiger partial charge in [-0.3, -0.25) is 4.79 Å². The van der Waals surface area contributed by atoms with Crippen LogP contribution in [0.2, 0.25) is 0 Å². The fourth-order valence-corrected chi connectivity index (χ4v) is 2.55. The third kappa shape index (κ3) is 4.78. The maximum absolute atomic E-state index is 11.4. The topological polar surface area (TPSA) is 100 Å². The number of phenols is 1. The van der Waals surface area contributed by atoms with E-state index in [1.807, 2.05) is 30.3 Å². The van der Waals surface area contributed by atoms with E-state index in [0.29, 0.717) is 24.5 Å². The van der Waals surface area contributed by atoms with Crippen molar-refractivity contribution < 1.29 is 24.5 Å². The summed E-state index contributed by atoms with van der Waals surface area (Å²) in [6.45, 7) is 1.17. The smallest absolute Gasteiger partial charge is 0.262 e. The van der Waals surface area contributed by atoms with Gasteiger partial charge in [-0.25, -0.2) is 0 Å². The van der Waals surface area contributed by atoms with Crippen molar-refractivity contribution in [2.75, 3.05) is 31.6 Å². The molecule has 0 saturated carbocycles. The first-order valence-electron chi connectivity index (χ1n) is 8.00. The number of carbonyl (C=O) groups excluding carboxylic acids is 1. The molecule has 2 aromatic carbocycles. The normalized spacial score (nSPS) is 13.7. The van der Waals surface area contributed by atoms with Crippen LogP contribution < -0.4 is 20.1 Å². The van der Waals surface area contributed by atoms with Gasteiger partial charge in [0, 0.05) is 18.7 Å². The molecule has 2 aromatic rings. The van der Waals surface area contributed by atoms with Gasteiger partial charge in [0.2, 0.25) is 0 Å². The summed E-state index contributed by atoms with van der Waals surface area (Å²) in [4.78, 5) is 11.4. The average molecular weight is 381 g/mol. The minimum Gasteiger partial charge on any atom is -0.506 e. The first-order valence-corrected chi connectivity index (χ1v) is 8.00. The number of benzene rings is 2. The molecule has 1 heterocycles. The molecule has 7 nitrogen and oxygen atoms in total. The Balaban J connectivity index is 0.00000243. The molecule has 1 aliphatic rings. The molecule has 3 rings (SSSR count). The van der Waals surface area contributed by atoms with Crippen LogP contribution in [-0.4, -0.2) is 42.4 Å². The lowest BCUT2D eigenvalue weighted by molar-refractivity contribution is -0.118. The number of aliphatic hydroxyl groups is 1. The van der Waals surface area contributed by atoms with Gasteiger partial charge in [-0.2, -0.15) is 0 Å². The first kappa shape index (κ1) is 19.8. The molecule has 1 unspecified atom stereocenters. The van der Waals surface area contributed by atoms with E-state index in [1.165, 1.54) is 6.07 Å². The van der Waals surface area contributed by atoms with Gasteiger partial charge in [-0.1, -0.05) is 18.2 Å². The third-order valence-electron chi connectivity index (χ3n) is 3.77. The van der Waals surface area contributed by atoms with Gasteiger partial charge in [0.15, 0.2) is 12.4 Å². The monoisotopic (exact) mass is 380 g/mol. The van der Waals surface area contributed by atoms with Gasteiger partial charge >= 0.3 is 0 Å². The molecule has 0 spiro atoms. The first-order chi connectivity index (χ1) is 12.1. The number of phenolic OH excluding ortho intramolecular Hbond substituents is 1. The van der Waals surface area contributed by atoms with Crippen LogP contribution in [0.3, 0.4) is 0 Å². The molecule has 0 aromatic heterocycles. The Hall–Kier alpha value is -2.48. The highest BCUT2D eigenvalue weighted by Crippen LogP contribution is 2.41. The molecule has 1 aliphatic heterocycles. The Morgan fingerprint density at radius 3 is 2.77 bits per heavy atom. The number of amides is 1. The SMILES string of the molecule is Cl.O=C1COc2c(C(O)CNCCOc3ccccc3)ccc(O)c2N1. The van der Waals surface area contributed by atoms with Crippen molar-refractivity contribution in [1.29, 1.82) is 0 Å². The number of anilines is 1. The number of hydrogen-bond acceptors (Lipinski definition) is 6. The molecular weight excluding hydrogens is 360 g/mol. The van der Waals surface area contributed by atoms with Crippen LogP contribution in [0.5, 0.6) is 17.2 Å². The van der Waals surface area contributed by atoms with Crippen LogP contribution in [0, 0.1) is 0 Å². The molecule has 1 atom stereocenters. The highest BCUT2D eigenvalue weighted by Gasteiger charge is 2.25. The predicted molar refractivity (Wildman–Crippen MR) is 99.2 cm³/mol. The minimum absolute atomic E-state index is 0. The fraction of sp³-hybridized carbons (Fsp3) is 0.278. The minimum atomic E-state index is -0.846. The number of aromatic hydroxyl groups is 1. The largest absolute Gasteiger partial charge is 0.506 e. The summed E-state index contributed by atoms with van der Waals surface area (Å²) in [5.74, 6) is 0.657. The quantitative estimate of drug-likeness (QED) is 0.432. The van der Waals surface area contributed by atoms with Crippen LogP contribution in [0.1, 0.15) is 11.7 Å². The van der Waals surface area contributed by atoms with Gasteiger partial charge in [0.1, 0.15) is 23.8 Å². The van der Waals surface area contributed by atoms with E-state index in [9.17, 15) is 15.0 Å². The van der Waals surface area contributed by atoms with E-state index in [0.717, 1.165) is 5.75 Å². The van der Waals surface area contributed by atoms with Gasteiger partial charge in [-0.15, -0.1) is 12.4 Å². The van der Waals surface area contributed by atoms with Crippen molar-refractivity contribution in [3.05, 3.63) is 48.0 Å². The summed E-state index contributed by atoms with van der Waals surface area (Å²) in [6, 6.07) is 12.5. The summed E-state index contributed by atoms with van der Waals surface area (Å²) in [5, 5.41) is 25.9. The van der Waals surface area contributed by atoms with Crippen LogP contribution >= 0.6 is 12.4 Å². The molecule has 0 fully saturated rings. The van der Waals surface area contributed by atoms with Crippen molar-refractivity contribution in [1.82, 2.24) is 5.32 Å². The van der Waals surface area contributed by atoms with Crippen molar-refractivity contribution in [2.24, 2.45) is 0 Å². The third-order valence-corrected chi connectivity index (χ3v) is 3.77. The van der Waals surface area contributed by atoms with Gasteiger partial charge in [0.25, 0.3) is 5.91 Å². The second-order valence-corrected chi connectivity index (χ2v) is 5.60. The standard InChI is InChI=1S/C18H20N2O5.ClH/c21-14-7-6-13(18-17(14)20-16(23)11-25-18)15(22)10-19-8-9-24-12-4-2-1-3-5-12;/h1-7,15,19,21-22H,8-11H2,(H,20,23);1H. The molecule has 26 heavy (non-hydrogen) atoms. The van der Waals surface area contributed by atoms with Crippen LogP contribution in [0.25, 0.3) is 0 Å². The Kier molecular flexibility index (Phi) is 7.08. The molecular formula is C18H21ClN2O5. The van der Waals surface area contributed by atoms with Crippen molar-refractivity contribution >= 4 is 24.0 Å². The molecule has 4 N–H and O–H groups in total. The summed E-state index contributed by atoms with van der Waals surface area (Å²) in [5.41, 5.74) is 0.699. The summed E-state index contributed by atoms with van der Waals surface area (Å²) in [7, 11) is 0. The number of halogens is 1. The number of nitrogens with one attached hydrogen (secondary N) is 2. The number of ether oxygens (including phenoxy) is 2. The molecule has 0 saturated heterocycles. The highest BCUT2D eigenvalue weighted by atomic mass is 35.5. The number of carbonyl (C=O) groups is 1. The van der Waals surface area contributed by atoms with E-state index < -0.39 is 6.10 Å². The number of aliphatic hydroxyl groups excluding tert-OH is 1. The van der Waals surface area contributed by atoms with Crippen LogP contribution in [0.4, 0.5) is 5.69 Å². The van der Waals surface area contributed by atoms with E-state index in [1.54, 1.807) is 6.07 Å². The average Bonchev–Trinajstić information content (AvgIpc) is 2.63. The lowest BCUT2D eigenvalue weighted by atomic mass is 10.1. The van der Waals surface area contributed by atoms with Gasteiger partial charge in [0.05, 0.1) is 6.10 Å². The lowest BCUT2D eigenvalue weighted by Gasteiger charge is -2.23. The Bertz CT molecular complexity index is 742. The predicted octanol–water partition coefficient (Wildman–Crippen LogP) is 1.85. The zero-order valence-corrected chi connectivity index (χ0v) is 14.8. The number of hydrogen-bond donors (Lipinski definition) is 4. The van der Waals surface area contributed by atoms with E-state index >= 15 is 0 Å². The molecule has 140 valence electrons. The zero-order valence-electron chi connectivity index (χ0n) is 14.0. The second kappa shape index (κ2) is 9.28. The Labute approximate surface area is 157 Å². The number of fused-ring (bicyclic) bond motifs is 1. The van der Waals surface area contributed by atoms with E-state index in [2.05, 4.69) is 10.6 Å². The number of rotatable bonds is 7. The highest BCUT2D eigenvalue weighted by molar-refractivity contribution is 5.97. The number of para-hydroxylation sites is 1. The lowest BCUT2D eigenvalue weighted by Crippen LogP contribution is -2.29. The van der Waals surface area contributed by atoms with E-state index in [-0.39, 0.29) is 42.9 Å². The van der Waals surface area contributed by atoms with Crippen molar-refractivity contribution in [3.8, 4) is 17.2 Å². The van der Waals surface area contributed by atoms with E-state index in [4.69, 9.17) is 9.47 Å². The Morgan fingerprint density at radius 2 is 2.00 bits per heavy atom. The van der Waals surface area contributed by atoms with Gasteiger partial charge < -0.3 is 30.3 Å². The molecule has 1 amide bonds. The molecule has 0 aliphatic carbocycles. The van der Waals surface area contributed by atoms with Crippen molar-refractivity contribution in [3.63, 3.8) is 0 Å². The Morgan fingerprint density at radius 1 is 1.23 bits per heavy atom. The molecule has 0 bridgehead atoms. The second-order valence-electron chi connectivity index (χ2n) is 5.60. The van der Waals surface area contributed by atoms with Crippen LogP contribution in [0.15, 0.2) is 42.5 Å². The van der Waals surface area contributed by atoms with Gasteiger partial charge in [-0.05, 0) is 24.3 Å². The fourth-order valence-electron chi connectivity index (χ4n) is 2.55. The maximum Gasteiger partial charge on any atom is 0.262 e. The summed E-state index contributed by atoms with van der Waals surface area (Å²) < 4.78 is 10.9.